The van der Waals surface area contributed by atoms with Crippen molar-refractivity contribution < 1.29 is 24.4 Å². The predicted octanol–water partition coefficient (Wildman–Crippen LogP) is 1.05. The molecule has 0 atom stereocenters. The zero-order valence-electron chi connectivity index (χ0n) is 12.2. The highest BCUT2D eigenvalue weighted by Gasteiger charge is 2.11. The highest BCUT2D eigenvalue weighted by atomic mass is 35.5. The fourth-order valence-electron chi connectivity index (χ4n) is 1.71. The van der Waals surface area contributed by atoms with Crippen molar-refractivity contribution in [2.75, 3.05) is 13.2 Å². The molecule has 0 aliphatic carbocycles. The number of carboxylic acid groups (broad SMARTS) is 1. The molecule has 0 aliphatic rings. The Bertz CT molecular complexity index is 578. The van der Waals surface area contributed by atoms with Gasteiger partial charge in [-0.1, -0.05) is 18.0 Å². The maximum absolute atomic E-state index is 11.6. The molecule has 0 saturated carbocycles. The zero-order valence-corrected chi connectivity index (χ0v) is 13.0. The number of benzene rings is 1. The summed E-state index contributed by atoms with van der Waals surface area (Å²) in [6.07, 6.45) is 1.84. The van der Waals surface area contributed by atoms with Gasteiger partial charge in [0.05, 0.1) is 9.95 Å². The predicted molar refractivity (Wildman–Crippen MR) is 80.1 cm³/mol. The number of unbranched alkanes of at least 4 members (excludes halogenated alkanes) is 2. The average Bonchev–Trinajstić information content (AvgIpc) is 2.49. The smallest absolute Gasteiger partial charge is 0.271 e. The van der Waals surface area contributed by atoms with Gasteiger partial charge in [0, 0.05) is 24.6 Å². The number of rotatable bonds is 10. The number of hydrogen-bond acceptors (Lipinski definition) is 6. The molecule has 0 aliphatic heterocycles. The summed E-state index contributed by atoms with van der Waals surface area (Å²) in [5.74, 6) is -1.26. The fraction of sp³-hybridized carbons (Fsp3) is 0.429. The Morgan fingerprint density at radius 2 is 2.00 bits per heavy atom. The molecule has 0 heterocycles. The quantitative estimate of drug-likeness (QED) is 0.385. The molecule has 1 aromatic carbocycles. The van der Waals surface area contributed by atoms with E-state index >= 15 is 0 Å². The van der Waals surface area contributed by atoms with Crippen LogP contribution in [0, 0.1) is 10.1 Å². The minimum absolute atomic E-state index is 0.00962. The van der Waals surface area contributed by atoms with Gasteiger partial charge in [0.25, 0.3) is 11.6 Å². The summed E-state index contributed by atoms with van der Waals surface area (Å²) in [5, 5.41) is 23.4. The molecular weight excluding hydrogens is 328 g/mol. The van der Waals surface area contributed by atoms with Crippen molar-refractivity contribution in [3.05, 3.63) is 33.3 Å². The summed E-state index contributed by atoms with van der Waals surface area (Å²) >= 11 is 5.83. The highest BCUT2D eigenvalue weighted by Crippen LogP contribution is 2.28. The van der Waals surface area contributed by atoms with Crippen LogP contribution in [0.2, 0.25) is 5.02 Å². The lowest BCUT2D eigenvalue weighted by Crippen LogP contribution is -2.29. The van der Waals surface area contributed by atoms with Crippen LogP contribution in [0.5, 0.6) is 5.75 Å². The Labute approximate surface area is 137 Å². The normalized spacial score (nSPS) is 10.1. The van der Waals surface area contributed by atoms with E-state index in [2.05, 4.69) is 5.32 Å². The van der Waals surface area contributed by atoms with Gasteiger partial charge in [-0.15, -0.1) is 0 Å². The molecule has 9 heteroatoms. The molecule has 0 spiro atoms. The van der Waals surface area contributed by atoms with Gasteiger partial charge in [-0.05, 0) is 25.3 Å². The number of carbonyl (C=O) groups excluding carboxylic acids is 2. The molecule has 23 heavy (non-hydrogen) atoms. The van der Waals surface area contributed by atoms with Crippen LogP contribution in [0.4, 0.5) is 5.69 Å². The number of nitrogens with one attached hydrogen (secondary N) is 1. The van der Waals surface area contributed by atoms with Crippen molar-refractivity contribution in [3.63, 3.8) is 0 Å². The minimum atomic E-state index is -1.08. The lowest BCUT2D eigenvalue weighted by molar-refractivity contribution is -0.384. The summed E-state index contributed by atoms with van der Waals surface area (Å²) in [6.45, 7) is 0.139. The van der Waals surface area contributed by atoms with Crippen molar-refractivity contribution in [2.45, 2.75) is 25.7 Å². The van der Waals surface area contributed by atoms with Crippen LogP contribution in [0.3, 0.4) is 0 Å². The van der Waals surface area contributed by atoms with Crippen LogP contribution in [-0.2, 0) is 9.59 Å². The molecule has 1 amide bonds. The largest absolute Gasteiger partial charge is 0.550 e. The first-order valence-electron chi connectivity index (χ1n) is 6.93. The number of nitro groups is 1. The molecule has 0 bridgehead atoms. The van der Waals surface area contributed by atoms with E-state index in [-0.39, 0.29) is 35.4 Å². The molecule has 1 rings (SSSR count). The van der Waals surface area contributed by atoms with Crippen LogP contribution in [0.1, 0.15) is 25.7 Å². The topological polar surface area (TPSA) is 122 Å². The summed E-state index contributed by atoms with van der Waals surface area (Å²) in [7, 11) is 0. The van der Waals surface area contributed by atoms with Crippen LogP contribution >= 0.6 is 11.6 Å². The molecule has 0 radical (unpaired) electrons. The molecule has 126 valence electrons. The van der Waals surface area contributed by atoms with E-state index in [1.165, 1.54) is 12.1 Å². The van der Waals surface area contributed by atoms with E-state index in [1.54, 1.807) is 0 Å². The van der Waals surface area contributed by atoms with Gasteiger partial charge in [-0.2, -0.15) is 0 Å². The maximum atomic E-state index is 11.6. The Kier molecular flexibility index (Phi) is 7.82. The molecule has 0 unspecified atom stereocenters. The molecule has 1 aromatic rings. The first-order chi connectivity index (χ1) is 10.9. The summed E-state index contributed by atoms with van der Waals surface area (Å²) < 4.78 is 5.19. The molecule has 0 saturated heterocycles. The summed E-state index contributed by atoms with van der Waals surface area (Å²) in [5.41, 5.74) is -0.164. The Morgan fingerprint density at radius 1 is 1.26 bits per heavy atom. The van der Waals surface area contributed by atoms with E-state index in [4.69, 9.17) is 16.3 Å². The molecule has 0 fully saturated rings. The van der Waals surface area contributed by atoms with Crippen molar-refractivity contribution >= 4 is 29.2 Å². The van der Waals surface area contributed by atoms with Crippen LogP contribution in [-0.4, -0.2) is 30.0 Å². The minimum Gasteiger partial charge on any atom is -0.550 e. The van der Waals surface area contributed by atoms with Gasteiger partial charge in [0.1, 0.15) is 5.75 Å². The van der Waals surface area contributed by atoms with Crippen molar-refractivity contribution in [1.82, 2.24) is 5.32 Å². The molecule has 0 aromatic heterocycles. The second-order valence-corrected chi connectivity index (χ2v) is 5.10. The number of carbonyl (C=O) groups is 2. The zero-order chi connectivity index (χ0) is 17.2. The number of non-ortho nitro benzene ring substituents is 1. The maximum Gasteiger partial charge on any atom is 0.271 e. The number of amides is 1. The molecular formula is C14H16ClN2O6-. The second-order valence-electron chi connectivity index (χ2n) is 4.69. The monoisotopic (exact) mass is 343 g/mol. The first-order valence-corrected chi connectivity index (χ1v) is 7.31. The van der Waals surface area contributed by atoms with Crippen molar-refractivity contribution in [3.8, 4) is 5.75 Å². The number of nitro benzene ring substituents is 1. The lowest BCUT2D eigenvalue weighted by atomic mass is 10.2. The van der Waals surface area contributed by atoms with Gasteiger partial charge in [-0.25, -0.2) is 0 Å². The Morgan fingerprint density at radius 3 is 2.61 bits per heavy atom. The Balaban J connectivity index is 2.26. The van der Waals surface area contributed by atoms with Gasteiger partial charge >= 0.3 is 0 Å². The fourth-order valence-corrected chi connectivity index (χ4v) is 1.94. The van der Waals surface area contributed by atoms with Crippen LogP contribution < -0.4 is 15.2 Å². The summed E-state index contributed by atoms with van der Waals surface area (Å²) in [4.78, 5) is 31.7. The van der Waals surface area contributed by atoms with E-state index in [9.17, 15) is 24.8 Å². The standard InChI is InChI=1S/C14H17ClN2O6/c15-11-8-10(17(21)22)5-6-12(11)23-9-13(18)16-7-3-1-2-4-14(19)20/h5-6,8H,1-4,7,9H2,(H,16,18)(H,19,20)/p-1. The average molecular weight is 344 g/mol. The third-order valence-electron chi connectivity index (χ3n) is 2.86. The van der Waals surface area contributed by atoms with E-state index < -0.39 is 10.9 Å². The number of aliphatic carboxylic acids is 1. The number of halogens is 1. The second kappa shape index (κ2) is 9.62. The number of nitrogens with zero attached hydrogens (tertiary/aromatic N) is 1. The number of hydrogen-bond donors (Lipinski definition) is 1. The Hall–Kier alpha value is -2.35. The van der Waals surface area contributed by atoms with E-state index in [0.29, 0.717) is 25.8 Å². The van der Waals surface area contributed by atoms with E-state index in [1.807, 2.05) is 0 Å². The van der Waals surface area contributed by atoms with Gasteiger partial charge in [0.15, 0.2) is 6.61 Å². The first kappa shape index (κ1) is 18.7. The van der Waals surface area contributed by atoms with Crippen LogP contribution in [0.15, 0.2) is 18.2 Å². The summed E-state index contributed by atoms with van der Waals surface area (Å²) in [6, 6.07) is 3.70. The van der Waals surface area contributed by atoms with Crippen molar-refractivity contribution in [1.29, 1.82) is 0 Å². The van der Waals surface area contributed by atoms with Gasteiger partial charge < -0.3 is 20.0 Å². The number of carboxylic acids is 1. The van der Waals surface area contributed by atoms with Crippen molar-refractivity contribution in [2.24, 2.45) is 0 Å². The molecule has 1 N–H and O–H groups in total. The lowest BCUT2D eigenvalue weighted by Gasteiger charge is -2.08. The van der Waals surface area contributed by atoms with Gasteiger partial charge in [0.2, 0.25) is 0 Å². The molecule has 8 nitrogen and oxygen atoms in total. The SMILES string of the molecule is O=C([O-])CCCCCNC(=O)COc1ccc([N+](=O)[O-])cc1Cl. The third-order valence-corrected chi connectivity index (χ3v) is 3.16. The van der Waals surface area contributed by atoms with Crippen LogP contribution in [0.25, 0.3) is 0 Å². The number of ether oxygens (including phenoxy) is 1. The highest BCUT2D eigenvalue weighted by molar-refractivity contribution is 6.32. The van der Waals surface area contributed by atoms with Gasteiger partial charge in [-0.3, -0.25) is 14.9 Å². The third kappa shape index (κ3) is 7.46. The van der Waals surface area contributed by atoms with E-state index in [0.717, 1.165) is 6.07 Å².